The lowest BCUT2D eigenvalue weighted by Crippen LogP contribution is -2.16. The molecule has 1 heterocycles. The second-order valence-corrected chi connectivity index (χ2v) is 3.94. The Labute approximate surface area is 109 Å². The Hall–Kier alpha value is -2.37. The van der Waals surface area contributed by atoms with Gasteiger partial charge in [0.2, 0.25) is 0 Å². The number of oxazole rings is 1. The van der Waals surface area contributed by atoms with Crippen LogP contribution >= 0.6 is 0 Å². The van der Waals surface area contributed by atoms with Crippen molar-refractivity contribution in [3.63, 3.8) is 0 Å². The smallest absolute Gasteiger partial charge is 0.301 e. The van der Waals surface area contributed by atoms with Crippen LogP contribution in [0, 0.1) is 12.7 Å². The van der Waals surface area contributed by atoms with E-state index < -0.39 is 11.7 Å². The number of rotatable bonds is 4. The number of hydrogen-bond acceptors (Lipinski definition) is 4. The Kier molecular flexibility index (Phi) is 3.79. The van der Waals surface area contributed by atoms with Gasteiger partial charge in [0.25, 0.3) is 5.91 Å². The second kappa shape index (κ2) is 5.51. The molecule has 2 rings (SSSR count). The molecular weight excluding hydrogens is 249 g/mol. The van der Waals surface area contributed by atoms with Gasteiger partial charge in [-0.25, -0.2) is 4.39 Å². The normalized spacial score (nSPS) is 10.3. The molecule has 0 atom stereocenters. The fraction of sp³-hybridized carbons (Fsp3) is 0.231. The van der Waals surface area contributed by atoms with Crippen LogP contribution in [-0.2, 0) is 0 Å². The molecule has 0 radical (unpaired) electrons. The summed E-state index contributed by atoms with van der Waals surface area (Å²) in [6.07, 6.45) is 1.42. The zero-order valence-electron chi connectivity index (χ0n) is 10.7. The van der Waals surface area contributed by atoms with Crippen molar-refractivity contribution in [3.8, 4) is 0 Å². The van der Waals surface area contributed by atoms with Crippen molar-refractivity contribution in [3.05, 3.63) is 41.5 Å². The van der Waals surface area contributed by atoms with Gasteiger partial charge in [-0.15, -0.1) is 0 Å². The maximum Gasteiger partial charge on any atom is 0.301 e. The van der Waals surface area contributed by atoms with Crippen molar-refractivity contribution >= 4 is 17.6 Å². The summed E-state index contributed by atoms with van der Waals surface area (Å²) in [5.41, 5.74) is 1.03. The van der Waals surface area contributed by atoms with Gasteiger partial charge in [-0.3, -0.25) is 10.1 Å². The van der Waals surface area contributed by atoms with Gasteiger partial charge >= 0.3 is 6.01 Å². The number of nitrogens with one attached hydrogen (secondary N) is 2. The van der Waals surface area contributed by atoms with E-state index in [0.717, 1.165) is 0 Å². The third-order valence-electron chi connectivity index (χ3n) is 2.45. The molecule has 0 saturated carbocycles. The van der Waals surface area contributed by atoms with E-state index in [-0.39, 0.29) is 17.3 Å². The summed E-state index contributed by atoms with van der Waals surface area (Å²) in [5, 5.41) is 5.31. The number of halogens is 1. The first-order valence-electron chi connectivity index (χ1n) is 5.87. The minimum absolute atomic E-state index is 0.0919. The summed E-state index contributed by atoms with van der Waals surface area (Å²) in [6.45, 7) is 4.08. The van der Waals surface area contributed by atoms with Gasteiger partial charge in [0.1, 0.15) is 12.1 Å². The number of nitrogens with zero attached hydrogens (tertiary/aromatic N) is 1. The predicted octanol–water partition coefficient (Wildman–Crippen LogP) is 2.81. The largest absolute Gasteiger partial charge is 0.432 e. The van der Waals surface area contributed by atoms with Gasteiger partial charge in [0.05, 0.1) is 16.9 Å². The number of hydrogen-bond donors (Lipinski definition) is 2. The van der Waals surface area contributed by atoms with Crippen LogP contribution in [0.5, 0.6) is 0 Å². The predicted molar refractivity (Wildman–Crippen MR) is 69.8 cm³/mol. The van der Waals surface area contributed by atoms with Crippen molar-refractivity contribution in [1.29, 1.82) is 0 Å². The number of benzene rings is 1. The number of carbonyl (C=O) groups excluding carboxylic acids is 1. The Balaban J connectivity index is 2.25. The van der Waals surface area contributed by atoms with Crippen molar-refractivity contribution < 1.29 is 13.6 Å². The van der Waals surface area contributed by atoms with Crippen molar-refractivity contribution in [2.24, 2.45) is 0 Å². The number of aromatic nitrogens is 1. The van der Waals surface area contributed by atoms with E-state index in [1.165, 1.54) is 24.5 Å². The van der Waals surface area contributed by atoms with E-state index in [9.17, 15) is 9.18 Å². The fourth-order valence-corrected chi connectivity index (χ4v) is 1.65. The summed E-state index contributed by atoms with van der Waals surface area (Å²) in [4.78, 5) is 16.0. The molecule has 2 aromatic rings. The lowest BCUT2D eigenvalue weighted by atomic mass is 10.1. The highest BCUT2D eigenvalue weighted by Gasteiger charge is 2.16. The average molecular weight is 263 g/mol. The minimum atomic E-state index is -0.475. The Bertz CT molecular complexity index is 595. The number of carbonyl (C=O) groups is 1. The highest BCUT2D eigenvalue weighted by atomic mass is 19.1. The van der Waals surface area contributed by atoms with Crippen LogP contribution in [0.2, 0.25) is 0 Å². The van der Waals surface area contributed by atoms with Crippen molar-refractivity contribution in [2.45, 2.75) is 13.8 Å². The quantitative estimate of drug-likeness (QED) is 0.890. The Morgan fingerprint density at radius 1 is 1.47 bits per heavy atom. The lowest BCUT2D eigenvalue weighted by molar-refractivity contribution is 0.102. The number of amides is 1. The molecule has 19 heavy (non-hydrogen) atoms. The Morgan fingerprint density at radius 2 is 2.26 bits per heavy atom. The zero-order valence-corrected chi connectivity index (χ0v) is 10.7. The van der Waals surface area contributed by atoms with E-state index >= 15 is 0 Å². The van der Waals surface area contributed by atoms with Gasteiger partial charge in [0.15, 0.2) is 0 Å². The monoisotopic (exact) mass is 263 g/mol. The molecular formula is C13H14FN3O2. The molecule has 6 heteroatoms. The van der Waals surface area contributed by atoms with Crippen LogP contribution < -0.4 is 10.6 Å². The third kappa shape index (κ3) is 2.90. The van der Waals surface area contributed by atoms with Crippen LogP contribution in [0.25, 0.3) is 0 Å². The summed E-state index contributed by atoms with van der Waals surface area (Å²) < 4.78 is 18.7. The maximum absolute atomic E-state index is 13.7. The van der Waals surface area contributed by atoms with Crippen LogP contribution in [-0.4, -0.2) is 17.4 Å². The number of para-hydroxylation sites is 1. The highest BCUT2D eigenvalue weighted by molar-refractivity contribution is 6.07. The van der Waals surface area contributed by atoms with E-state index in [0.29, 0.717) is 12.2 Å². The van der Waals surface area contributed by atoms with E-state index in [1.807, 2.05) is 6.92 Å². The molecule has 0 bridgehead atoms. The number of anilines is 2. The molecule has 1 aromatic heterocycles. The molecule has 0 unspecified atom stereocenters. The van der Waals surface area contributed by atoms with Gasteiger partial charge in [-0.05, 0) is 26.0 Å². The molecule has 2 N–H and O–H groups in total. The molecule has 0 aliphatic heterocycles. The van der Waals surface area contributed by atoms with Crippen LogP contribution in [0.1, 0.15) is 23.0 Å². The summed E-state index contributed by atoms with van der Waals surface area (Å²) in [5.74, 6) is -0.949. The minimum Gasteiger partial charge on any atom is -0.432 e. The van der Waals surface area contributed by atoms with E-state index in [4.69, 9.17) is 4.42 Å². The molecule has 0 spiro atoms. The second-order valence-electron chi connectivity index (χ2n) is 3.94. The van der Waals surface area contributed by atoms with E-state index in [1.54, 1.807) is 6.92 Å². The molecule has 0 aliphatic carbocycles. The molecule has 1 aromatic carbocycles. The third-order valence-corrected chi connectivity index (χ3v) is 2.45. The molecule has 100 valence electrons. The first kappa shape index (κ1) is 13.1. The van der Waals surface area contributed by atoms with Crippen molar-refractivity contribution in [1.82, 2.24) is 4.98 Å². The van der Waals surface area contributed by atoms with Gasteiger partial charge in [-0.1, -0.05) is 6.07 Å². The maximum atomic E-state index is 13.7. The molecule has 0 aliphatic rings. The van der Waals surface area contributed by atoms with Gasteiger partial charge < -0.3 is 9.73 Å². The first-order valence-corrected chi connectivity index (χ1v) is 5.87. The number of aryl methyl sites for hydroxylation is 1. The van der Waals surface area contributed by atoms with Crippen LogP contribution in [0.4, 0.5) is 16.1 Å². The topological polar surface area (TPSA) is 67.2 Å². The highest BCUT2D eigenvalue weighted by Crippen LogP contribution is 2.21. The average Bonchev–Trinajstić information content (AvgIpc) is 2.77. The standard InChI is InChI=1S/C13H14FN3O2/c1-3-15-11-9(5-4-6-10(11)14)12(18)17-13-16-8(2)7-19-13/h4-7,15H,3H2,1-2H3,(H,16,17,18). The Morgan fingerprint density at radius 3 is 2.89 bits per heavy atom. The zero-order chi connectivity index (χ0) is 13.8. The van der Waals surface area contributed by atoms with Crippen LogP contribution in [0.3, 0.4) is 0 Å². The lowest BCUT2D eigenvalue weighted by Gasteiger charge is -2.10. The van der Waals surface area contributed by atoms with Gasteiger partial charge in [0, 0.05) is 6.54 Å². The summed E-state index contributed by atoms with van der Waals surface area (Å²) in [6, 6.07) is 4.40. The molecule has 5 nitrogen and oxygen atoms in total. The van der Waals surface area contributed by atoms with E-state index in [2.05, 4.69) is 15.6 Å². The van der Waals surface area contributed by atoms with Crippen LogP contribution in [0.15, 0.2) is 28.9 Å². The van der Waals surface area contributed by atoms with Gasteiger partial charge in [-0.2, -0.15) is 4.98 Å². The fourth-order valence-electron chi connectivity index (χ4n) is 1.65. The summed E-state index contributed by atoms with van der Waals surface area (Å²) >= 11 is 0. The summed E-state index contributed by atoms with van der Waals surface area (Å²) in [7, 11) is 0. The van der Waals surface area contributed by atoms with Crippen molar-refractivity contribution in [2.75, 3.05) is 17.2 Å². The SMILES string of the molecule is CCNc1c(F)cccc1C(=O)Nc1nc(C)co1. The molecule has 1 amide bonds. The molecule has 0 fully saturated rings. The molecule has 0 saturated heterocycles. The first-order chi connectivity index (χ1) is 9.11.